The molecule has 118 valence electrons. The minimum Gasteiger partial charge on any atom is -0.322 e. The SMILES string of the molecule is Cc1ccc(Cl)c(NC(=O)CN(C)Cc2ccc(Cl)s2)c1Cl. The topological polar surface area (TPSA) is 32.3 Å². The molecule has 0 aliphatic heterocycles. The Balaban J connectivity index is 1.97. The first-order chi connectivity index (χ1) is 10.4. The van der Waals surface area contributed by atoms with Crippen molar-refractivity contribution in [1.82, 2.24) is 4.90 Å². The molecule has 0 bridgehead atoms. The van der Waals surface area contributed by atoms with Gasteiger partial charge in [0, 0.05) is 11.4 Å². The zero-order valence-electron chi connectivity index (χ0n) is 12.1. The number of benzene rings is 1. The summed E-state index contributed by atoms with van der Waals surface area (Å²) in [7, 11) is 1.87. The number of aryl methyl sites for hydroxylation is 1. The molecular formula is C15H15Cl3N2OS. The highest BCUT2D eigenvalue weighted by Crippen LogP contribution is 2.32. The van der Waals surface area contributed by atoms with Crippen LogP contribution in [-0.2, 0) is 11.3 Å². The second kappa shape index (κ2) is 7.66. The molecule has 0 aliphatic carbocycles. The van der Waals surface area contributed by atoms with Crippen LogP contribution in [0.5, 0.6) is 0 Å². The molecule has 2 rings (SSSR count). The molecule has 1 heterocycles. The first kappa shape index (κ1) is 17.6. The summed E-state index contributed by atoms with van der Waals surface area (Å²) < 4.78 is 0.742. The fraction of sp³-hybridized carbons (Fsp3) is 0.267. The number of hydrogen-bond acceptors (Lipinski definition) is 3. The number of carbonyl (C=O) groups is 1. The largest absolute Gasteiger partial charge is 0.322 e. The number of amides is 1. The third-order valence-corrected chi connectivity index (χ3v) is 5.03. The van der Waals surface area contributed by atoms with E-state index in [9.17, 15) is 4.79 Å². The van der Waals surface area contributed by atoms with Crippen LogP contribution in [-0.4, -0.2) is 24.4 Å². The summed E-state index contributed by atoms with van der Waals surface area (Å²) >= 11 is 19.7. The van der Waals surface area contributed by atoms with E-state index in [1.165, 1.54) is 11.3 Å². The third-order valence-electron chi connectivity index (χ3n) is 3.02. The Kier molecular flexibility index (Phi) is 6.12. The Hall–Kier alpha value is -0.780. The lowest BCUT2D eigenvalue weighted by atomic mass is 10.2. The van der Waals surface area contributed by atoms with Gasteiger partial charge in [-0.2, -0.15) is 0 Å². The molecule has 0 unspecified atom stereocenters. The summed E-state index contributed by atoms with van der Waals surface area (Å²) in [5.41, 5.74) is 1.32. The molecule has 0 fully saturated rings. The number of hydrogen-bond donors (Lipinski definition) is 1. The highest BCUT2D eigenvalue weighted by atomic mass is 35.5. The lowest BCUT2D eigenvalue weighted by Crippen LogP contribution is -2.29. The van der Waals surface area contributed by atoms with Gasteiger partial charge in [-0.05, 0) is 37.7 Å². The number of carbonyl (C=O) groups excluding carboxylic acids is 1. The molecule has 0 radical (unpaired) electrons. The van der Waals surface area contributed by atoms with Gasteiger partial charge >= 0.3 is 0 Å². The normalized spacial score (nSPS) is 11.0. The van der Waals surface area contributed by atoms with Crippen molar-refractivity contribution in [3.05, 3.63) is 49.1 Å². The zero-order valence-corrected chi connectivity index (χ0v) is 15.2. The third kappa shape index (κ3) is 4.61. The highest BCUT2D eigenvalue weighted by molar-refractivity contribution is 7.16. The maximum atomic E-state index is 12.1. The number of halogens is 3. The Morgan fingerprint density at radius 1 is 1.23 bits per heavy atom. The molecule has 0 aliphatic rings. The van der Waals surface area contributed by atoms with Crippen LogP contribution in [0.4, 0.5) is 5.69 Å². The minimum atomic E-state index is -0.167. The van der Waals surface area contributed by atoms with E-state index in [2.05, 4.69) is 5.32 Å². The number of thiophene rings is 1. The Bertz CT molecular complexity index is 687. The Morgan fingerprint density at radius 3 is 2.59 bits per heavy atom. The predicted octanol–water partition coefficient (Wildman–Crippen LogP) is 5.09. The van der Waals surface area contributed by atoms with E-state index < -0.39 is 0 Å². The second-order valence-electron chi connectivity index (χ2n) is 4.98. The first-order valence-electron chi connectivity index (χ1n) is 6.54. The smallest absolute Gasteiger partial charge is 0.238 e. The van der Waals surface area contributed by atoms with Crippen LogP contribution < -0.4 is 5.32 Å². The van der Waals surface area contributed by atoms with Gasteiger partial charge in [-0.1, -0.05) is 40.9 Å². The van der Waals surface area contributed by atoms with E-state index in [-0.39, 0.29) is 12.5 Å². The van der Waals surface area contributed by atoms with Gasteiger partial charge in [-0.3, -0.25) is 9.69 Å². The summed E-state index contributed by atoms with van der Waals surface area (Å²) in [5, 5.41) is 3.67. The van der Waals surface area contributed by atoms with Crippen LogP contribution >= 0.6 is 46.1 Å². The molecule has 0 spiro atoms. The van der Waals surface area contributed by atoms with E-state index in [0.29, 0.717) is 22.3 Å². The molecule has 1 amide bonds. The first-order valence-corrected chi connectivity index (χ1v) is 8.49. The standard InChI is InChI=1S/C15H15Cl3N2OS/c1-9-3-5-11(16)15(14(9)18)19-13(21)8-20(2)7-10-4-6-12(17)22-10/h3-6H,7-8H2,1-2H3,(H,19,21). The second-order valence-corrected chi connectivity index (χ2v) is 7.56. The van der Waals surface area contributed by atoms with Crippen molar-refractivity contribution in [3.8, 4) is 0 Å². The summed E-state index contributed by atoms with van der Waals surface area (Å²) in [6.07, 6.45) is 0. The Labute approximate surface area is 148 Å². The number of likely N-dealkylation sites (N-methyl/N-ethyl adjacent to an activating group) is 1. The molecule has 0 saturated heterocycles. The van der Waals surface area contributed by atoms with E-state index >= 15 is 0 Å². The van der Waals surface area contributed by atoms with E-state index in [1.54, 1.807) is 6.07 Å². The van der Waals surface area contributed by atoms with Gasteiger partial charge in [0.2, 0.25) is 5.91 Å². The Morgan fingerprint density at radius 2 is 1.95 bits per heavy atom. The average molecular weight is 378 g/mol. The highest BCUT2D eigenvalue weighted by Gasteiger charge is 2.14. The van der Waals surface area contributed by atoms with Crippen molar-refractivity contribution in [1.29, 1.82) is 0 Å². The van der Waals surface area contributed by atoms with Gasteiger partial charge in [-0.15, -0.1) is 11.3 Å². The van der Waals surface area contributed by atoms with Gasteiger partial charge in [0.15, 0.2) is 0 Å². The summed E-state index contributed by atoms with van der Waals surface area (Å²) in [5.74, 6) is -0.167. The van der Waals surface area contributed by atoms with Crippen LogP contribution in [0.2, 0.25) is 14.4 Å². The van der Waals surface area contributed by atoms with Gasteiger partial charge in [0.05, 0.1) is 26.6 Å². The molecule has 1 N–H and O–H groups in total. The van der Waals surface area contributed by atoms with E-state index in [0.717, 1.165) is 14.8 Å². The molecule has 22 heavy (non-hydrogen) atoms. The summed E-state index contributed by atoms with van der Waals surface area (Å²) in [6.45, 7) is 2.75. The van der Waals surface area contributed by atoms with Crippen molar-refractivity contribution < 1.29 is 4.79 Å². The van der Waals surface area contributed by atoms with E-state index in [4.69, 9.17) is 34.8 Å². The number of nitrogens with one attached hydrogen (secondary N) is 1. The van der Waals surface area contributed by atoms with Crippen molar-refractivity contribution in [2.45, 2.75) is 13.5 Å². The predicted molar refractivity (Wildman–Crippen MR) is 95.5 cm³/mol. The number of nitrogens with zero attached hydrogens (tertiary/aromatic N) is 1. The average Bonchev–Trinajstić information content (AvgIpc) is 2.84. The molecule has 1 aromatic carbocycles. The van der Waals surface area contributed by atoms with Crippen LogP contribution in [0.1, 0.15) is 10.4 Å². The van der Waals surface area contributed by atoms with Crippen LogP contribution in [0.15, 0.2) is 24.3 Å². The molecule has 0 atom stereocenters. The minimum absolute atomic E-state index is 0.167. The van der Waals surface area contributed by atoms with Gasteiger partial charge in [-0.25, -0.2) is 0 Å². The number of rotatable bonds is 5. The van der Waals surface area contributed by atoms with Gasteiger partial charge < -0.3 is 5.32 Å². The van der Waals surface area contributed by atoms with Crippen molar-refractivity contribution in [2.24, 2.45) is 0 Å². The quantitative estimate of drug-likeness (QED) is 0.787. The fourth-order valence-corrected chi connectivity index (χ4v) is 3.59. The van der Waals surface area contributed by atoms with Crippen molar-refractivity contribution in [2.75, 3.05) is 18.9 Å². The molecule has 2 aromatic rings. The number of anilines is 1. The van der Waals surface area contributed by atoms with E-state index in [1.807, 2.05) is 37.1 Å². The van der Waals surface area contributed by atoms with Crippen LogP contribution in [0, 0.1) is 6.92 Å². The van der Waals surface area contributed by atoms with Crippen molar-refractivity contribution >= 4 is 57.7 Å². The van der Waals surface area contributed by atoms with Gasteiger partial charge in [0.1, 0.15) is 0 Å². The monoisotopic (exact) mass is 376 g/mol. The summed E-state index contributed by atoms with van der Waals surface area (Å²) in [4.78, 5) is 15.1. The zero-order chi connectivity index (χ0) is 16.3. The van der Waals surface area contributed by atoms with Crippen LogP contribution in [0.3, 0.4) is 0 Å². The molecular weight excluding hydrogens is 363 g/mol. The van der Waals surface area contributed by atoms with Gasteiger partial charge in [0.25, 0.3) is 0 Å². The maximum absolute atomic E-state index is 12.1. The lowest BCUT2D eigenvalue weighted by Gasteiger charge is -2.16. The lowest BCUT2D eigenvalue weighted by molar-refractivity contribution is -0.117. The molecule has 0 saturated carbocycles. The maximum Gasteiger partial charge on any atom is 0.238 e. The molecule has 7 heteroatoms. The molecule has 1 aromatic heterocycles. The van der Waals surface area contributed by atoms with Crippen LogP contribution in [0.25, 0.3) is 0 Å². The molecule has 3 nitrogen and oxygen atoms in total. The summed E-state index contributed by atoms with van der Waals surface area (Å²) in [6, 6.07) is 7.33. The van der Waals surface area contributed by atoms with Crippen molar-refractivity contribution in [3.63, 3.8) is 0 Å². The fourth-order valence-electron chi connectivity index (χ4n) is 1.95.